The van der Waals surface area contributed by atoms with Gasteiger partial charge in [0, 0.05) is 24.2 Å². The third-order valence-corrected chi connectivity index (χ3v) is 5.94. The van der Waals surface area contributed by atoms with Crippen LogP contribution in [0.25, 0.3) is 10.9 Å². The highest BCUT2D eigenvalue weighted by Gasteiger charge is 2.36. The second-order valence-corrected chi connectivity index (χ2v) is 7.63. The molecule has 1 aliphatic rings. The van der Waals surface area contributed by atoms with Crippen LogP contribution in [-0.2, 0) is 10.2 Å². The number of rotatable bonds is 2. The first kappa shape index (κ1) is 15.9. The van der Waals surface area contributed by atoms with Crippen LogP contribution in [0, 0.1) is 0 Å². The van der Waals surface area contributed by atoms with Gasteiger partial charge in [-0.3, -0.25) is 9.71 Å². The van der Waals surface area contributed by atoms with Crippen LogP contribution < -0.4 is 9.46 Å². The molecular weight excluding hydrogens is 338 g/mol. The molecule has 4 rings (SSSR count). The van der Waals surface area contributed by atoms with Gasteiger partial charge < -0.3 is 4.74 Å². The molecule has 3 aromatic rings. The lowest BCUT2D eigenvalue weighted by molar-refractivity contribution is 0.409. The van der Waals surface area contributed by atoms with Crippen LogP contribution in [-0.4, -0.2) is 31.9 Å². The maximum atomic E-state index is 12.7. The lowest BCUT2D eigenvalue weighted by Gasteiger charge is -2.35. The molecule has 1 unspecified atom stereocenters. The van der Waals surface area contributed by atoms with Crippen molar-refractivity contribution in [2.75, 3.05) is 18.9 Å². The third kappa shape index (κ3) is 2.52. The van der Waals surface area contributed by atoms with Gasteiger partial charge in [-0.05, 0) is 23.8 Å². The number of fused-ring (bicyclic) bond motifs is 3. The monoisotopic (exact) mass is 355 g/mol. The minimum Gasteiger partial charge on any atom is -0.497 e. The second kappa shape index (κ2) is 5.72. The normalized spacial score (nSPS) is 19.2. The molecule has 0 spiro atoms. The zero-order valence-corrected chi connectivity index (χ0v) is 14.6. The van der Waals surface area contributed by atoms with E-state index in [2.05, 4.69) is 9.71 Å². The first-order valence-corrected chi connectivity index (χ1v) is 9.22. The molecule has 7 heteroatoms. The summed E-state index contributed by atoms with van der Waals surface area (Å²) in [5, 5.41) is 0.891. The van der Waals surface area contributed by atoms with Gasteiger partial charge in [0.2, 0.25) is 0 Å². The van der Waals surface area contributed by atoms with Gasteiger partial charge in [-0.15, -0.1) is 0 Å². The Morgan fingerprint density at radius 1 is 1.12 bits per heavy atom. The Balaban J connectivity index is 1.96. The van der Waals surface area contributed by atoms with Gasteiger partial charge in [-0.25, -0.2) is 0 Å². The number of methoxy groups -OCH3 is 1. The molecule has 0 fully saturated rings. The summed E-state index contributed by atoms with van der Waals surface area (Å²) in [6, 6.07) is 14.7. The molecule has 0 bridgehead atoms. The smallest absolute Gasteiger partial charge is 0.302 e. The first-order chi connectivity index (χ1) is 12.0. The molecule has 0 radical (unpaired) electrons. The van der Waals surface area contributed by atoms with E-state index in [0.717, 1.165) is 22.3 Å². The summed E-state index contributed by atoms with van der Waals surface area (Å²) in [4.78, 5) is 4.38. The van der Waals surface area contributed by atoms with E-state index in [1.807, 2.05) is 48.5 Å². The molecule has 6 nitrogen and oxygen atoms in total. The molecule has 2 heterocycles. The Bertz CT molecular complexity index is 1050. The van der Waals surface area contributed by atoms with E-state index >= 15 is 0 Å². The van der Waals surface area contributed by atoms with Gasteiger partial charge >= 0.3 is 10.2 Å². The van der Waals surface area contributed by atoms with Crippen LogP contribution in [0.3, 0.4) is 0 Å². The van der Waals surface area contributed by atoms with Crippen LogP contribution in [0.1, 0.15) is 17.2 Å². The van der Waals surface area contributed by atoms with Gasteiger partial charge in [0.15, 0.2) is 0 Å². The summed E-state index contributed by atoms with van der Waals surface area (Å²) in [5.74, 6) is 0.726. The van der Waals surface area contributed by atoms with E-state index < -0.39 is 16.3 Å². The SMILES string of the molecule is COc1ccc(C2c3ccc4cccnc4c3NS(=O)(=O)N2C)cc1. The third-order valence-electron chi connectivity index (χ3n) is 4.51. The zero-order chi connectivity index (χ0) is 17.6. The number of anilines is 1. The topological polar surface area (TPSA) is 71.5 Å². The quantitative estimate of drug-likeness (QED) is 0.767. The van der Waals surface area contributed by atoms with Gasteiger partial charge in [-0.2, -0.15) is 12.7 Å². The molecule has 0 saturated carbocycles. The van der Waals surface area contributed by atoms with Crippen molar-refractivity contribution >= 4 is 26.8 Å². The summed E-state index contributed by atoms with van der Waals surface area (Å²) in [6.45, 7) is 0. The van der Waals surface area contributed by atoms with Crippen molar-refractivity contribution in [3.05, 3.63) is 65.9 Å². The molecular formula is C18H17N3O3S. The second-order valence-electron chi connectivity index (χ2n) is 5.90. The maximum absolute atomic E-state index is 12.7. The van der Waals surface area contributed by atoms with Crippen LogP contribution >= 0.6 is 0 Å². The number of pyridine rings is 1. The average Bonchev–Trinajstić information content (AvgIpc) is 2.63. The van der Waals surface area contributed by atoms with Crippen molar-refractivity contribution < 1.29 is 13.2 Å². The van der Waals surface area contributed by atoms with Crippen molar-refractivity contribution in [2.45, 2.75) is 6.04 Å². The number of nitrogens with one attached hydrogen (secondary N) is 1. The van der Waals surface area contributed by atoms with Gasteiger partial charge in [0.25, 0.3) is 0 Å². The van der Waals surface area contributed by atoms with Crippen molar-refractivity contribution in [2.24, 2.45) is 0 Å². The maximum Gasteiger partial charge on any atom is 0.302 e. The average molecular weight is 355 g/mol. The molecule has 128 valence electrons. The fraction of sp³-hybridized carbons (Fsp3) is 0.167. The Morgan fingerprint density at radius 2 is 1.88 bits per heavy atom. The summed E-state index contributed by atoms with van der Waals surface area (Å²) in [7, 11) is -0.495. The van der Waals surface area contributed by atoms with Gasteiger partial charge in [0.05, 0.1) is 24.4 Å². The van der Waals surface area contributed by atoms with Gasteiger partial charge in [0.1, 0.15) is 5.75 Å². The van der Waals surface area contributed by atoms with Crippen LogP contribution in [0.5, 0.6) is 5.75 Å². The van der Waals surface area contributed by atoms with Crippen LogP contribution in [0.2, 0.25) is 0 Å². The highest BCUT2D eigenvalue weighted by atomic mass is 32.2. The van der Waals surface area contributed by atoms with E-state index in [-0.39, 0.29) is 0 Å². The molecule has 25 heavy (non-hydrogen) atoms. The molecule has 0 aliphatic carbocycles. The lowest BCUT2D eigenvalue weighted by atomic mass is 9.95. The highest BCUT2D eigenvalue weighted by molar-refractivity contribution is 7.90. The predicted molar refractivity (Wildman–Crippen MR) is 96.9 cm³/mol. The predicted octanol–water partition coefficient (Wildman–Crippen LogP) is 2.93. The van der Waals surface area contributed by atoms with E-state index in [0.29, 0.717) is 11.2 Å². The van der Waals surface area contributed by atoms with Crippen molar-refractivity contribution in [1.82, 2.24) is 9.29 Å². The number of hydrogen-bond acceptors (Lipinski definition) is 4. The lowest BCUT2D eigenvalue weighted by Crippen LogP contribution is -2.40. The number of ether oxygens (including phenoxy) is 1. The summed E-state index contributed by atoms with van der Waals surface area (Å²) in [6.07, 6.45) is 1.66. The summed E-state index contributed by atoms with van der Waals surface area (Å²) in [5.41, 5.74) is 2.92. The van der Waals surface area contributed by atoms with Crippen molar-refractivity contribution in [1.29, 1.82) is 0 Å². The summed E-state index contributed by atoms with van der Waals surface area (Å²) < 4.78 is 34.5. The number of hydrogen-bond donors (Lipinski definition) is 1. The largest absolute Gasteiger partial charge is 0.497 e. The number of benzene rings is 2. The van der Waals surface area contributed by atoms with E-state index in [1.165, 1.54) is 4.31 Å². The molecule has 0 amide bonds. The minimum absolute atomic E-state index is 0.432. The highest BCUT2D eigenvalue weighted by Crippen LogP contribution is 2.42. The molecule has 1 atom stereocenters. The van der Waals surface area contributed by atoms with Gasteiger partial charge in [-0.1, -0.05) is 30.3 Å². The standard InChI is InChI=1S/C18H17N3O3S/c1-21-18(13-5-8-14(24-2)9-6-13)15-10-7-12-4-3-11-19-16(12)17(15)20-25(21,22)23/h3-11,18,20H,1-2H3. The minimum atomic E-state index is -3.67. The molecule has 1 aliphatic heterocycles. The molecule has 0 saturated heterocycles. The van der Waals surface area contributed by atoms with E-state index in [1.54, 1.807) is 20.4 Å². The fourth-order valence-corrected chi connectivity index (χ4v) is 4.34. The number of nitrogens with zero attached hydrogens (tertiary/aromatic N) is 2. The Morgan fingerprint density at radius 3 is 2.60 bits per heavy atom. The number of aromatic nitrogens is 1. The Hall–Kier alpha value is -2.64. The fourth-order valence-electron chi connectivity index (χ4n) is 3.21. The zero-order valence-electron chi connectivity index (χ0n) is 13.8. The van der Waals surface area contributed by atoms with E-state index in [9.17, 15) is 8.42 Å². The van der Waals surface area contributed by atoms with E-state index in [4.69, 9.17) is 4.74 Å². The van der Waals surface area contributed by atoms with Crippen molar-refractivity contribution in [3.8, 4) is 5.75 Å². The first-order valence-electron chi connectivity index (χ1n) is 7.78. The van der Waals surface area contributed by atoms with Crippen molar-refractivity contribution in [3.63, 3.8) is 0 Å². The van der Waals surface area contributed by atoms with Crippen LogP contribution in [0.4, 0.5) is 5.69 Å². The van der Waals surface area contributed by atoms with Crippen LogP contribution in [0.15, 0.2) is 54.7 Å². The molecule has 1 aromatic heterocycles. The molecule has 1 N–H and O–H groups in total. The Labute approximate surface area is 146 Å². The summed E-state index contributed by atoms with van der Waals surface area (Å²) >= 11 is 0. The molecule has 2 aromatic carbocycles. The Kier molecular flexibility index (Phi) is 3.63.